The van der Waals surface area contributed by atoms with E-state index >= 15 is 0 Å². The van der Waals surface area contributed by atoms with Gasteiger partial charge in [0.05, 0.1) is 6.10 Å². The molecule has 1 atom stereocenters. The van der Waals surface area contributed by atoms with Crippen molar-refractivity contribution in [3.05, 3.63) is 36.5 Å². The third-order valence-electron chi connectivity index (χ3n) is 3.08. The number of carbonyl (C=O) groups is 1. The van der Waals surface area contributed by atoms with Crippen molar-refractivity contribution in [2.45, 2.75) is 70.8 Å². The molecule has 0 spiro atoms. The van der Waals surface area contributed by atoms with Crippen molar-refractivity contribution in [3.8, 4) is 0 Å². The zero-order valence-electron chi connectivity index (χ0n) is 13.2. The van der Waals surface area contributed by atoms with E-state index in [9.17, 15) is 9.90 Å². The van der Waals surface area contributed by atoms with Crippen LogP contribution < -0.4 is 0 Å². The quantitative estimate of drug-likeness (QED) is 0.384. The molecule has 21 heavy (non-hydrogen) atoms. The molecule has 0 radical (unpaired) electrons. The largest absolute Gasteiger partial charge is 0.481 e. The van der Waals surface area contributed by atoms with Crippen molar-refractivity contribution in [1.29, 1.82) is 0 Å². The van der Waals surface area contributed by atoms with E-state index in [0.717, 1.165) is 12.8 Å². The number of aliphatic hydroxyl groups excluding tert-OH is 1. The first-order valence-corrected chi connectivity index (χ1v) is 8.03. The van der Waals surface area contributed by atoms with Crippen LogP contribution in [0.1, 0.15) is 64.7 Å². The first-order chi connectivity index (χ1) is 10.2. The van der Waals surface area contributed by atoms with Gasteiger partial charge in [0.2, 0.25) is 0 Å². The summed E-state index contributed by atoms with van der Waals surface area (Å²) >= 11 is 0. The summed E-state index contributed by atoms with van der Waals surface area (Å²) in [5.74, 6) is -0.769. The van der Waals surface area contributed by atoms with E-state index in [-0.39, 0.29) is 6.42 Å². The number of unbranched alkanes of at least 4 members (excludes halogenated alkanes) is 4. The minimum absolute atomic E-state index is 0.185. The molecule has 0 aliphatic heterocycles. The molecule has 0 aromatic carbocycles. The Morgan fingerprint density at radius 3 is 2.43 bits per heavy atom. The van der Waals surface area contributed by atoms with E-state index in [2.05, 4.69) is 25.2 Å². The van der Waals surface area contributed by atoms with Gasteiger partial charge in [0.1, 0.15) is 0 Å². The lowest BCUT2D eigenvalue weighted by molar-refractivity contribution is -0.137. The molecule has 3 nitrogen and oxygen atoms in total. The first kappa shape index (κ1) is 19.7. The van der Waals surface area contributed by atoms with Crippen LogP contribution in [-0.4, -0.2) is 22.3 Å². The van der Waals surface area contributed by atoms with Gasteiger partial charge in [-0.15, -0.1) is 0 Å². The van der Waals surface area contributed by atoms with Gasteiger partial charge in [0.25, 0.3) is 0 Å². The van der Waals surface area contributed by atoms with Crippen molar-refractivity contribution in [1.82, 2.24) is 0 Å². The third kappa shape index (κ3) is 16.6. The van der Waals surface area contributed by atoms with E-state index < -0.39 is 12.1 Å². The summed E-state index contributed by atoms with van der Waals surface area (Å²) in [5, 5.41) is 18.2. The number of hydrogen-bond donors (Lipinski definition) is 2. The molecule has 0 amide bonds. The minimum Gasteiger partial charge on any atom is -0.481 e. The second kappa shape index (κ2) is 15.0. The lowest BCUT2D eigenvalue weighted by Gasteiger charge is -2.00. The second-order valence-corrected chi connectivity index (χ2v) is 5.19. The number of carboxylic acids is 1. The van der Waals surface area contributed by atoms with Gasteiger partial charge >= 0.3 is 5.97 Å². The molecule has 0 fully saturated rings. The van der Waals surface area contributed by atoms with Gasteiger partial charge in [-0.1, -0.05) is 56.2 Å². The van der Waals surface area contributed by atoms with Crippen molar-refractivity contribution < 1.29 is 15.0 Å². The molecule has 0 aromatic heterocycles. The van der Waals surface area contributed by atoms with Crippen LogP contribution in [0.15, 0.2) is 36.5 Å². The normalized spacial score (nSPS) is 13.6. The monoisotopic (exact) mass is 294 g/mol. The summed E-state index contributed by atoms with van der Waals surface area (Å²) in [6.45, 7) is 2.21. The zero-order valence-corrected chi connectivity index (χ0v) is 13.2. The number of hydrogen-bond acceptors (Lipinski definition) is 2. The molecule has 2 N–H and O–H groups in total. The van der Waals surface area contributed by atoms with Crippen LogP contribution in [0, 0.1) is 0 Å². The summed E-state index contributed by atoms with van der Waals surface area (Å²) < 4.78 is 0. The number of aliphatic carboxylic acids is 1. The van der Waals surface area contributed by atoms with Gasteiger partial charge in [-0.25, -0.2) is 0 Å². The van der Waals surface area contributed by atoms with Gasteiger partial charge in [0, 0.05) is 6.42 Å². The number of rotatable bonds is 13. The van der Waals surface area contributed by atoms with Crippen LogP contribution >= 0.6 is 0 Å². The highest BCUT2D eigenvalue weighted by Gasteiger charge is 1.96. The molecule has 3 heteroatoms. The summed E-state index contributed by atoms with van der Waals surface area (Å²) in [6, 6.07) is 0. The van der Waals surface area contributed by atoms with Gasteiger partial charge in [-0.3, -0.25) is 4.79 Å². The van der Waals surface area contributed by atoms with Gasteiger partial charge in [-0.2, -0.15) is 0 Å². The Hall–Kier alpha value is -1.35. The minimum atomic E-state index is -0.769. The molecule has 1 unspecified atom stereocenters. The average molecular weight is 294 g/mol. The Morgan fingerprint density at radius 1 is 1.00 bits per heavy atom. The molecule has 0 saturated heterocycles. The van der Waals surface area contributed by atoms with E-state index in [1.807, 2.05) is 12.2 Å². The fourth-order valence-electron chi connectivity index (χ4n) is 1.84. The molecular formula is C18H30O3. The number of carboxylic acid groups (broad SMARTS) is 1. The molecule has 120 valence electrons. The predicted octanol–water partition coefficient (Wildman–Crippen LogP) is 4.63. The highest BCUT2D eigenvalue weighted by Crippen LogP contribution is 2.03. The Kier molecular flexibility index (Phi) is 14.1. The van der Waals surface area contributed by atoms with Crippen molar-refractivity contribution in [2.24, 2.45) is 0 Å². The summed E-state index contributed by atoms with van der Waals surface area (Å²) in [4.78, 5) is 10.3. The predicted molar refractivity (Wildman–Crippen MR) is 88.3 cm³/mol. The maximum atomic E-state index is 10.3. The molecular weight excluding hydrogens is 264 g/mol. The second-order valence-electron chi connectivity index (χ2n) is 5.19. The van der Waals surface area contributed by atoms with E-state index in [1.165, 1.54) is 19.3 Å². The summed E-state index contributed by atoms with van der Waals surface area (Å²) in [5.41, 5.74) is 0. The molecule has 0 aliphatic carbocycles. The highest BCUT2D eigenvalue weighted by molar-refractivity contribution is 5.66. The van der Waals surface area contributed by atoms with Crippen molar-refractivity contribution >= 4 is 5.97 Å². The molecule has 0 rings (SSSR count). The van der Waals surface area contributed by atoms with Crippen LogP contribution in [0.3, 0.4) is 0 Å². The molecule has 0 bridgehead atoms. The zero-order chi connectivity index (χ0) is 15.8. The standard InChI is InChI=1S/C18H30O3/c1-2-3-4-5-6-7-8-9-11-14-17(19)15-12-10-13-16-18(20)21/h6-7,9,11-12,15,17,19H,2-5,8,10,13-14,16H2,1H3,(H,20,21)/b7-6-,11-9-,15-12+. The third-order valence-corrected chi connectivity index (χ3v) is 3.08. The Morgan fingerprint density at radius 2 is 1.71 bits per heavy atom. The van der Waals surface area contributed by atoms with Crippen LogP contribution in [0.5, 0.6) is 0 Å². The van der Waals surface area contributed by atoms with Gasteiger partial charge < -0.3 is 10.2 Å². The Bertz CT molecular complexity index is 329. The fourth-order valence-corrected chi connectivity index (χ4v) is 1.84. The van der Waals surface area contributed by atoms with Crippen LogP contribution in [0.25, 0.3) is 0 Å². The molecule has 0 heterocycles. The molecule has 0 saturated carbocycles. The summed E-state index contributed by atoms with van der Waals surface area (Å²) in [6.07, 6.45) is 19.6. The summed E-state index contributed by atoms with van der Waals surface area (Å²) in [7, 11) is 0. The van der Waals surface area contributed by atoms with Gasteiger partial charge in [-0.05, 0) is 38.5 Å². The highest BCUT2D eigenvalue weighted by atomic mass is 16.4. The molecule has 0 aliphatic rings. The maximum Gasteiger partial charge on any atom is 0.303 e. The van der Waals surface area contributed by atoms with E-state index in [4.69, 9.17) is 5.11 Å². The van der Waals surface area contributed by atoms with E-state index in [1.54, 1.807) is 6.08 Å². The Balaban J connectivity index is 3.54. The van der Waals surface area contributed by atoms with Crippen LogP contribution in [-0.2, 0) is 4.79 Å². The van der Waals surface area contributed by atoms with Crippen molar-refractivity contribution in [2.75, 3.05) is 0 Å². The fraction of sp³-hybridized carbons (Fsp3) is 0.611. The first-order valence-electron chi connectivity index (χ1n) is 8.03. The topological polar surface area (TPSA) is 57.5 Å². The lowest BCUT2D eigenvalue weighted by atomic mass is 10.1. The smallest absolute Gasteiger partial charge is 0.303 e. The van der Waals surface area contributed by atoms with E-state index in [0.29, 0.717) is 19.3 Å². The number of allylic oxidation sites excluding steroid dienone is 4. The van der Waals surface area contributed by atoms with Crippen molar-refractivity contribution in [3.63, 3.8) is 0 Å². The number of aliphatic hydroxyl groups is 1. The SMILES string of the molecule is CCCCC/C=C\C/C=C\CC(O)/C=C/CCCC(=O)O. The average Bonchev–Trinajstić information content (AvgIpc) is 2.45. The van der Waals surface area contributed by atoms with Gasteiger partial charge in [0.15, 0.2) is 0 Å². The lowest BCUT2D eigenvalue weighted by Crippen LogP contribution is -1.99. The maximum absolute atomic E-state index is 10.3. The van der Waals surface area contributed by atoms with Crippen LogP contribution in [0.2, 0.25) is 0 Å². The Labute approximate surface area is 129 Å². The molecule has 0 aromatic rings. The van der Waals surface area contributed by atoms with Crippen LogP contribution in [0.4, 0.5) is 0 Å².